The molecular formula is C36H46N2O5. The number of aliphatic carboxylic acids is 1. The molecule has 0 atom stereocenters. The number of hydrogen-bond acceptors (Lipinski definition) is 5. The van der Waals surface area contributed by atoms with Crippen molar-refractivity contribution in [3.05, 3.63) is 83.6 Å². The molecule has 7 nitrogen and oxygen atoms in total. The van der Waals surface area contributed by atoms with Crippen LogP contribution in [0.25, 0.3) is 12.2 Å². The number of unbranched alkanes of at least 4 members (excludes halogenated alkanes) is 3. The maximum atomic E-state index is 12.6. The van der Waals surface area contributed by atoms with Gasteiger partial charge < -0.3 is 19.9 Å². The average molecular weight is 587 g/mol. The molecule has 0 fully saturated rings. The second-order valence-electron chi connectivity index (χ2n) is 10.9. The maximum Gasteiger partial charge on any atom is 0.310 e. The monoisotopic (exact) mass is 586 g/mol. The number of amides is 1. The third kappa shape index (κ3) is 11.2. The number of aromatic nitrogens is 1. The molecule has 0 aliphatic carbocycles. The number of carbonyl (C=O) groups excluding carboxylic acids is 1. The Kier molecular flexibility index (Phi) is 13.8. The largest absolute Gasteiger partial charge is 0.494 e. The summed E-state index contributed by atoms with van der Waals surface area (Å²) >= 11 is 0. The van der Waals surface area contributed by atoms with E-state index < -0.39 is 11.4 Å². The van der Waals surface area contributed by atoms with Crippen molar-refractivity contribution < 1.29 is 24.2 Å². The maximum absolute atomic E-state index is 12.6. The second kappa shape index (κ2) is 17.7. The number of ether oxygens (including phenoxy) is 2. The first-order chi connectivity index (χ1) is 20.9. The minimum atomic E-state index is -1.04. The number of benzene rings is 2. The fraction of sp³-hybridized carbons (Fsp3) is 0.417. The molecule has 0 saturated carbocycles. The number of rotatable bonds is 19. The molecule has 2 N–H and O–H groups in total. The van der Waals surface area contributed by atoms with Crippen LogP contribution in [0.5, 0.6) is 11.6 Å². The van der Waals surface area contributed by atoms with Crippen molar-refractivity contribution in [2.24, 2.45) is 5.41 Å². The van der Waals surface area contributed by atoms with E-state index in [1.54, 1.807) is 19.9 Å². The topological polar surface area (TPSA) is 97.8 Å². The standard InChI is InChI=1S/C36H46N2O5/c1-4-7-24-42-32-22-19-28(20-23-32)13-9-8-10-25-43-34-17-12-15-30(38-34)21-18-29-14-11-16-31(26-29)37-33(39)27-36(5-2,6-3)35(40)41/h11-12,14-23,26H,4-10,13,24-25,27H2,1-3H3,(H,37,39)(H,40,41). The van der Waals surface area contributed by atoms with Crippen LogP contribution in [0.4, 0.5) is 5.69 Å². The number of hydrogen-bond donors (Lipinski definition) is 2. The Labute approximate surface area is 256 Å². The van der Waals surface area contributed by atoms with Gasteiger partial charge in [-0.15, -0.1) is 0 Å². The highest BCUT2D eigenvalue weighted by Gasteiger charge is 2.37. The Morgan fingerprint density at radius 1 is 0.860 bits per heavy atom. The van der Waals surface area contributed by atoms with Crippen LogP contribution >= 0.6 is 0 Å². The Morgan fingerprint density at radius 2 is 1.60 bits per heavy atom. The predicted octanol–water partition coefficient (Wildman–Crippen LogP) is 8.44. The fourth-order valence-corrected chi connectivity index (χ4v) is 4.77. The first-order valence-corrected chi connectivity index (χ1v) is 15.5. The first-order valence-electron chi connectivity index (χ1n) is 15.5. The lowest BCUT2D eigenvalue weighted by atomic mass is 9.79. The Balaban J connectivity index is 1.42. The molecule has 0 aliphatic rings. The van der Waals surface area contributed by atoms with Gasteiger partial charge in [0, 0.05) is 18.2 Å². The molecule has 2 aromatic carbocycles. The molecule has 1 heterocycles. The highest BCUT2D eigenvalue weighted by Crippen LogP contribution is 2.31. The van der Waals surface area contributed by atoms with E-state index in [1.807, 2.05) is 48.6 Å². The molecule has 1 amide bonds. The van der Waals surface area contributed by atoms with E-state index in [1.165, 1.54) is 5.56 Å². The van der Waals surface area contributed by atoms with E-state index in [0.29, 0.717) is 31.0 Å². The molecule has 1 aromatic heterocycles. The van der Waals surface area contributed by atoms with E-state index in [0.717, 1.165) is 62.1 Å². The summed E-state index contributed by atoms with van der Waals surface area (Å²) in [5, 5.41) is 12.5. The SMILES string of the molecule is CCCCOc1ccc(CCCCCOc2cccc(C=Cc3cccc(NC(=O)CC(CC)(CC)C(=O)O)c3)n2)cc1. The number of carbonyl (C=O) groups is 2. The molecule has 0 radical (unpaired) electrons. The molecule has 0 spiro atoms. The summed E-state index contributed by atoms with van der Waals surface area (Å²) in [6.45, 7) is 7.16. The smallest absolute Gasteiger partial charge is 0.310 e. The summed E-state index contributed by atoms with van der Waals surface area (Å²) < 4.78 is 11.6. The van der Waals surface area contributed by atoms with Crippen LogP contribution in [-0.2, 0) is 16.0 Å². The fourth-order valence-electron chi connectivity index (χ4n) is 4.77. The highest BCUT2D eigenvalue weighted by atomic mass is 16.5. The summed E-state index contributed by atoms with van der Waals surface area (Å²) in [5.74, 6) is 0.294. The lowest BCUT2D eigenvalue weighted by Gasteiger charge is -2.25. The molecule has 3 rings (SSSR count). The normalized spacial score (nSPS) is 11.4. The zero-order valence-corrected chi connectivity index (χ0v) is 25.8. The van der Waals surface area contributed by atoms with Crippen LogP contribution in [0.1, 0.15) is 89.0 Å². The second-order valence-corrected chi connectivity index (χ2v) is 10.9. The van der Waals surface area contributed by atoms with Gasteiger partial charge in [0.1, 0.15) is 5.75 Å². The number of anilines is 1. The van der Waals surface area contributed by atoms with Crippen LogP contribution in [-0.4, -0.2) is 35.2 Å². The number of carboxylic acids is 1. The van der Waals surface area contributed by atoms with Crippen LogP contribution < -0.4 is 14.8 Å². The highest BCUT2D eigenvalue weighted by molar-refractivity contribution is 5.94. The van der Waals surface area contributed by atoms with Gasteiger partial charge in [-0.1, -0.05) is 63.6 Å². The van der Waals surface area contributed by atoms with E-state index in [2.05, 4.69) is 41.5 Å². The number of carboxylic acid groups (broad SMARTS) is 1. The molecule has 0 saturated heterocycles. The van der Waals surface area contributed by atoms with Crippen molar-refractivity contribution in [1.82, 2.24) is 4.98 Å². The Bertz CT molecular complexity index is 1320. The van der Waals surface area contributed by atoms with Crippen LogP contribution in [0.2, 0.25) is 0 Å². The summed E-state index contributed by atoms with van der Waals surface area (Å²) in [5.41, 5.74) is 2.56. The van der Waals surface area contributed by atoms with Crippen molar-refractivity contribution in [2.45, 2.75) is 78.6 Å². The zero-order chi connectivity index (χ0) is 30.9. The lowest BCUT2D eigenvalue weighted by Crippen LogP contribution is -2.34. The van der Waals surface area contributed by atoms with E-state index in [4.69, 9.17) is 9.47 Å². The molecule has 0 bridgehead atoms. The van der Waals surface area contributed by atoms with E-state index in [-0.39, 0.29) is 12.3 Å². The van der Waals surface area contributed by atoms with Gasteiger partial charge >= 0.3 is 5.97 Å². The number of nitrogens with one attached hydrogen (secondary N) is 1. The van der Waals surface area contributed by atoms with Gasteiger partial charge in [0.05, 0.1) is 24.3 Å². The minimum Gasteiger partial charge on any atom is -0.494 e. The molecule has 3 aromatic rings. The number of pyridine rings is 1. The first kappa shape index (κ1) is 33.4. The molecule has 230 valence electrons. The van der Waals surface area contributed by atoms with Crippen LogP contribution in [0.15, 0.2) is 66.7 Å². The van der Waals surface area contributed by atoms with Crippen LogP contribution in [0, 0.1) is 5.41 Å². The van der Waals surface area contributed by atoms with Gasteiger partial charge in [-0.2, -0.15) is 0 Å². The third-order valence-electron chi connectivity index (χ3n) is 7.72. The summed E-state index contributed by atoms with van der Waals surface area (Å²) in [4.78, 5) is 29.0. The minimum absolute atomic E-state index is 0.0605. The quantitative estimate of drug-likeness (QED) is 0.137. The van der Waals surface area contributed by atoms with E-state index in [9.17, 15) is 14.7 Å². The third-order valence-corrected chi connectivity index (χ3v) is 7.72. The average Bonchev–Trinajstić information content (AvgIpc) is 3.01. The van der Waals surface area contributed by atoms with Crippen molar-refractivity contribution in [3.8, 4) is 11.6 Å². The van der Waals surface area contributed by atoms with Crippen molar-refractivity contribution in [2.75, 3.05) is 18.5 Å². The van der Waals surface area contributed by atoms with Gasteiger partial charge in [-0.25, -0.2) is 4.98 Å². The summed E-state index contributed by atoms with van der Waals surface area (Å²) in [6, 6.07) is 21.5. The molecule has 0 unspecified atom stereocenters. The predicted molar refractivity (Wildman–Crippen MR) is 173 cm³/mol. The van der Waals surface area contributed by atoms with E-state index >= 15 is 0 Å². The Hall–Kier alpha value is -4.13. The molecule has 43 heavy (non-hydrogen) atoms. The van der Waals surface area contributed by atoms with Gasteiger partial charge in [-0.05, 0) is 92.5 Å². The summed E-state index contributed by atoms with van der Waals surface area (Å²) in [6.07, 6.45) is 11.0. The summed E-state index contributed by atoms with van der Waals surface area (Å²) in [7, 11) is 0. The molecule has 7 heteroatoms. The zero-order valence-electron chi connectivity index (χ0n) is 25.8. The van der Waals surface area contributed by atoms with Crippen molar-refractivity contribution in [3.63, 3.8) is 0 Å². The van der Waals surface area contributed by atoms with Crippen molar-refractivity contribution >= 4 is 29.7 Å². The molecular weight excluding hydrogens is 540 g/mol. The van der Waals surface area contributed by atoms with Crippen molar-refractivity contribution in [1.29, 1.82) is 0 Å². The Morgan fingerprint density at radius 3 is 2.33 bits per heavy atom. The van der Waals surface area contributed by atoms with Gasteiger partial charge in [0.2, 0.25) is 11.8 Å². The molecule has 0 aliphatic heterocycles. The van der Waals surface area contributed by atoms with Gasteiger partial charge in [0.25, 0.3) is 0 Å². The lowest BCUT2D eigenvalue weighted by molar-refractivity contribution is -0.151. The number of aryl methyl sites for hydroxylation is 1. The van der Waals surface area contributed by atoms with Gasteiger partial charge in [-0.3, -0.25) is 9.59 Å². The number of nitrogens with zero attached hydrogens (tertiary/aromatic N) is 1. The van der Waals surface area contributed by atoms with Crippen LogP contribution in [0.3, 0.4) is 0 Å². The van der Waals surface area contributed by atoms with Gasteiger partial charge in [0.15, 0.2) is 0 Å².